The van der Waals surface area contributed by atoms with Gasteiger partial charge in [-0.1, -0.05) is 59.7 Å². The summed E-state index contributed by atoms with van der Waals surface area (Å²) in [5.41, 5.74) is 4.70. The van der Waals surface area contributed by atoms with Crippen LogP contribution in [0.1, 0.15) is 40.3 Å². The number of hydrogen-bond acceptors (Lipinski definition) is 6. The third kappa shape index (κ3) is 6.27. The van der Waals surface area contributed by atoms with Gasteiger partial charge in [0.15, 0.2) is 0 Å². The number of ketones is 1. The first-order valence-electron chi connectivity index (χ1n) is 13.8. The minimum atomic E-state index is -0.658. The minimum absolute atomic E-state index is 0.119. The van der Waals surface area contributed by atoms with E-state index in [1.165, 1.54) is 5.56 Å². The Labute approximate surface area is 235 Å². The summed E-state index contributed by atoms with van der Waals surface area (Å²) in [5.74, 6) is -0.761. The summed E-state index contributed by atoms with van der Waals surface area (Å²) in [5, 5.41) is 11.4. The number of carbonyl (C=O) groups is 2. The molecule has 2 saturated heterocycles. The van der Waals surface area contributed by atoms with Gasteiger partial charge in [-0.05, 0) is 55.7 Å². The molecule has 0 saturated carbocycles. The van der Waals surface area contributed by atoms with Crippen molar-refractivity contribution in [2.45, 2.75) is 32.9 Å². The fraction of sp³-hybridized carbons (Fsp3) is 0.333. The van der Waals surface area contributed by atoms with Crippen LogP contribution in [0.5, 0.6) is 5.75 Å². The molecule has 1 amide bonds. The molecule has 40 heavy (non-hydrogen) atoms. The molecule has 2 aliphatic rings. The van der Waals surface area contributed by atoms with E-state index in [0.29, 0.717) is 37.7 Å². The molecule has 0 bridgehead atoms. The maximum atomic E-state index is 13.3. The van der Waals surface area contributed by atoms with Crippen LogP contribution in [0.15, 0.2) is 78.4 Å². The number of Topliss-reactive ketones (excluding diaryl/α,β-unsaturated/α-hetero) is 1. The second kappa shape index (κ2) is 12.5. The van der Waals surface area contributed by atoms with E-state index >= 15 is 0 Å². The lowest BCUT2D eigenvalue weighted by molar-refractivity contribution is -0.140. The van der Waals surface area contributed by atoms with E-state index in [4.69, 9.17) is 9.47 Å². The zero-order chi connectivity index (χ0) is 28.1. The first-order valence-corrected chi connectivity index (χ1v) is 13.8. The van der Waals surface area contributed by atoms with Crippen LogP contribution in [-0.2, 0) is 20.9 Å². The first kappa shape index (κ1) is 27.6. The van der Waals surface area contributed by atoms with Gasteiger partial charge in [-0.15, -0.1) is 0 Å². The largest absolute Gasteiger partial charge is 0.507 e. The minimum Gasteiger partial charge on any atom is -0.507 e. The van der Waals surface area contributed by atoms with E-state index in [1.54, 1.807) is 29.2 Å². The van der Waals surface area contributed by atoms with Crippen LogP contribution < -0.4 is 4.74 Å². The van der Waals surface area contributed by atoms with E-state index < -0.39 is 17.7 Å². The van der Waals surface area contributed by atoms with E-state index in [-0.39, 0.29) is 11.3 Å². The number of nitrogens with zero attached hydrogens (tertiary/aromatic N) is 2. The van der Waals surface area contributed by atoms with Crippen LogP contribution >= 0.6 is 0 Å². The summed E-state index contributed by atoms with van der Waals surface area (Å²) in [6, 6.07) is 22.2. The molecule has 0 spiro atoms. The first-order chi connectivity index (χ1) is 19.4. The SMILES string of the molecule is Cc1ccc(C2/C(=C(\O)c3ccc(OCc4cccc(C)c4)cc3)C(=O)C(=O)N2CCCN2CCOCC2)cc1. The number of hydrogen-bond donors (Lipinski definition) is 1. The predicted octanol–water partition coefficient (Wildman–Crippen LogP) is 5.03. The summed E-state index contributed by atoms with van der Waals surface area (Å²) in [6.07, 6.45) is 0.725. The standard InChI is InChI=1S/C33H36N2O5/c1-23-7-9-26(10-8-23)30-29(32(37)33(38)35(30)16-4-15-34-17-19-39-20-18-34)31(36)27-11-13-28(14-12-27)40-22-25-6-3-5-24(2)21-25/h3,5-14,21,30,36H,4,15-20,22H2,1-2H3/b31-29+. The molecule has 5 rings (SSSR count). The van der Waals surface area contributed by atoms with Crippen LogP contribution in [0.2, 0.25) is 0 Å². The van der Waals surface area contributed by atoms with Crippen molar-refractivity contribution < 1.29 is 24.2 Å². The van der Waals surface area contributed by atoms with Gasteiger partial charge in [0.05, 0.1) is 24.8 Å². The van der Waals surface area contributed by atoms with Crippen LogP contribution in [0, 0.1) is 13.8 Å². The number of aryl methyl sites for hydroxylation is 2. The number of likely N-dealkylation sites (tertiary alicyclic amines) is 1. The van der Waals surface area contributed by atoms with E-state index in [1.807, 2.05) is 56.3 Å². The van der Waals surface area contributed by atoms with Crippen LogP contribution in [0.25, 0.3) is 5.76 Å². The maximum absolute atomic E-state index is 13.3. The molecular weight excluding hydrogens is 504 g/mol. The Kier molecular flexibility index (Phi) is 8.63. The van der Waals surface area contributed by atoms with Gasteiger partial charge in [-0.25, -0.2) is 0 Å². The Morgan fingerprint density at radius 2 is 1.65 bits per heavy atom. The number of aliphatic hydroxyl groups is 1. The average molecular weight is 541 g/mol. The number of rotatable bonds is 9. The van der Waals surface area contributed by atoms with Crippen molar-refractivity contribution >= 4 is 17.4 Å². The molecule has 7 heteroatoms. The van der Waals surface area contributed by atoms with Gasteiger partial charge in [0.2, 0.25) is 0 Å². The van der Waals surface area contributed by atoms with Gasteiger partial charge in [0.25, 0.3) is 11.7 Å². The van der Waals surface area contributed by atoms with Crippen molar-refractivity contribution in [1.82, 2.24) is 9.80 Å². The number of carbonyl (C=O) groups excluding carboxylic acids is 2. The van der Waals surface area contributed by atoms with Gasteiger partial charge in [-0.2, -0.15) is 0 Å². The highest BCUT2D eigenvalue weighted by molar-refractivity contribution is 6.46. The van der Waals surface area contributed by atoms with Crippen LogP contribution in [-0.4, -0.2) is 66.0 Å². The molecule has 1 N–H and O–H groups in total. The Bertz CT molecular complexity index is 1370. The van der Waals surface area contributed by atoms with Crippen molar-refractivity contribution in [2.24, 2.45) is 0 Å². The zero-order valence-electron chi connectivity index (χ0n) is 23.1. The normalized spacial score (nSPS) is 19.2. The third-order valence-corrected chi connectivity index (χ3v) is 7.53. The molecule has 1 unspecified atom stereocenters. The number of ether oxygens (including phenoxy) is 2. The van der Waals surface area contributed by atoms with Gasteiger partial charge in [0.1, 0.15) is 18.1 Å². The molecule has 1 atom stereocenters. The van der Waals surface area contributed by atoms with Crippen LogP contribution in [0.3, 0.4) is 0 Å². The van der Waals surface area contributed by atoms with E-state index in [2.05, 4.69) is 11.0 Å². The lowest BCUT2D eigenvalue weighted by Gasteiger charge is -2.29. The monoisotopic (exact) mass is 540 g/mol. The van der Waals surface area contributed by atoms with Crippen molar-refractivity contribution in [3.63, 3.8) is 0 Å². The molecule has 0 aromatic heterocycles. The summed E-state index contributed by atoms with van der Waals surface area (Å²) in [6.45, 7) is 8.85. The molecule has 2 fully saturated rings. The highest BCUT2D eigenvalue weighted by atomic mass is 16.5. The molecular formula is C33H36N2O5. The molecule has 2 heterocycles. The summed E-state index contributed by atoms with van der Waals surface area (Å²) in [7, 11) is 0. The van der Waals surface area contributed by atoms with Crippen molar-refractivity contribution in [3.05, 3.63) is 106 Å². The Morgan fingerprint density at radius 3 is 2.35 bits per heavy atom. The average Bonchev–Trinajstić information content (AvgIpc) is 3.22. The molecule has 2 aliphatic heterocycles. The highest BCUT2D eigenvalue weighted by Crippen LogP contribution is 2.39. The Balaban J connectivity index is 1.38. The molecule has 3 aromatic carbocycles. The summed E-state index contributed by atoms with van der Waals surface area (Å²) < 4.78 is 11.3. The molecule has 0 aliphatic carbocycles. The van der Waals surface area contributed by atoms with Gasteiger partial charge < -0.3 is 19.5 Å². The topological polar surface area (TPSA) is 79.3 Å². The molecule has 3 aromatic rings. The Hall–Kier alpha value is -3.94. The molecule has 208 valence electrons. The lowest BCUT2D eigenvalue weighted by atomic mass is 9.94. The molecule has 7 nitrogen and oxygen atoms in total. The highest BCUT2D eigenvalue weighted by Gasteiger charge is 2.45. The van der Waals surface area contributed by atoms with Crippen molar-refractivity contribution in [1.29, 1.82) is 0 Å². The zero-order valence-corrected chi connectivity index (χ0v) is 23.1. The predicted molar refractivity (Wildman–Crippen MR) is 154 cm³/mol. The number of morpholine rings is 1. The second-order valence-electron chi connectivity index (χ2n) is 10.5. The third-order valence-electron chi connectivity index (χ3n) is 7.53. The molecule has 0 radical (unpaired) electrons. The fourth-order valence-electron chi connectivity index (χ4n) is 5.33. The smallest absolute Gasteiger partial charge is 0.295 e. The summed E-state index contributed by atoms with van der Waals surface area (Å²) in [4.78, 5) is 30.5. The maximum Gasteiger partial charge on any atom is 0.295 e. The van der Waals surface area contributed by atoms with Crippen molar-refractivity contribution in [2.75, 3.05) is 39.4 Å². The number of aliphatic hydroxyl groups excluding tert-OH is 1. The van der Waals surface area contributed by atoms with Gasteiger partial charge in [0, 0.05) is 31.7 Å². The summed E-state index contributed by atoms with van der Waals surface area (Å²) >= 11 is 0. The van der Waals surface area contributed by atoms with Gasteiger partial charge in [-0.3, -0.25) is 14.5 Å². The lowest BCUT2D eigenvalue weighted by Crippen LogP contribution is -2.38. The van der Waals surface area contributed by atoms with Crippen molar-refractivity contribution in [3.8, 4) is 5.75 Å². The number of amides is 1. The number of benzene rings is 3. The van der Waals surface area contributed by atoms with E-state index in [9.17, 15) is 14.7 Å². The van der Waals surface area contributed by atoms with Crippen LogP contribution in [0.4, 0.5) is 0 Å². The second-order valence-corrected chi connectivity index (χ2v) is 10.5. The Morgan fingerprint density at radius 1 is 0.925 bits per heavy atom. The fourth-order valence-corrected chi connectivity index (χ4v) is 5.33. The quantitative estimate of drug-likeness (QED) is 0.233. The van der Waals surface area contributed by atoms with Gasteiger partial charge >= 0.3 is 0 Å². The van der Waals surface area contributed by atoms with E-state index in [0.717, 1.165) is 42.7 Å².